The average molecular weight is 374 g/mol. The van der Waals surface area contributed by atoms with Gasteiger partial charge < -0.3 is 15.4 Å². The fourth-order valence-corrected chi connectivity index (χ4v) is 3.22. The van der Waals surface area contributed by atoms with Gasteiger partial charge in [-0.05, 0) is 48.6 Å². The van der Waals surface area contributed by atoms with E-state index >= 15 is 0 Å². The van der Waals surface area contributed by atoms with Crippen LogP contribution < -0.4 is 10.6 Å². The predicted molar refractivity (Wildman–Crippen MR) is 104 cm³/mol. The smallest absolute Gasteiger partial charge is 0.253 e. The molecular weight excluding hydrogens is 350 g/mol. The average Bonchev–Trinajstić information content (AvgIpc) is 3.13. The summed E-state index contributed by atoms with van der Waals surface area (Å²) in [5, 5.41) is 6.86. The minimum Gasteiger partial charge on any atom is -0.376 e. The Bertz CT molecular complexity index is 773. The summed E-state index contributed by atoms with van der Waals surface area (Å²) in [5.74, 6) is 0.777. The maximum Gasteiger partial charge on any atom is 0.253 e. The first-order chi connectivity index (χ1) is 12.5. The quantitative estimate of drug-likeness (QED) is 0.781. The molecule has 1 amide bonds. The number of aromatic nitrogens is 1. The zero-order valence-electron chi connectivity index (χ0n) is 15.1. The number of carbonyl (C=O) groups is 1. The number of nitrogens with one attached hydrogen (secondary N) is 2. The van der Waals surface area contributed by atoms with Crippen LogP contribution in [-0.4, -0.2) is 30.1 Å². The lowest BCUT2D eigenvalue weighted by atomic mass is 9.98. The molecular formula is C20H24ClN3O2. The summed E-state index contributed by atoms with van der Waals surface area (Å²) in [7, 11) is 0. The molecule has 3 rings (SSSR count). The van der Waals surface area contributed by atoms with Gasteiger partial charge in [0.25, 0.3) is 5.91 Å². The van der Waals surface area contributed by atoms with Crippen molar-refractivity contribution in [1.82, 2.24) is 10.3 Å². The Labute approximate surface area is 159 Å². The van der Waals surface area contributed by atoms with Crippen molar-refractivity contribution in [2.24, 2.45) is 0 Å². The highest BCUT2D eigenvalue weighted by molar-refractivity contribution is 6.30. The van der Waals surface area contributed by atoms with Crippen LogP contribution in [0.1, 0.15) is 48.5 Å². The summed E-state index contributed by atoms with van der Waals surface area (Å²) >= 11 is 6.02. The zero-order chi connectivity index (χ0) is 18.5. The molecule has 2 aromatic rings. The molecule has 0 bridgehead atoms. The van der Waals surface area contributed by atoms with Gasteiger partial charge in [-0.3, -0.25) is 4.79 Å². The largest absolute Gasteiger partial charge is 0.376 e. The Hall–Kier alpha value is -2.11. The summed E-state index contributed by atoms with van der Waals surface area (Å²) in [5.41, 5.74) is 2.42. The van der Waals surface area contributed by atoms with Gasteiger partial charge in [0.05, 0.1) is 11.7 Å². The number of pyridine rings is 1. The Kier molecular flexibility index (Phi) is 6.12. The van der Waals surface area contributed by atoms with Crippen molar-refractivity contribution in [3.63, 3.8) is 0 Å². The first-order valence-corrected chi connectivity index (χ1v) is 9.33. The molecule has 0 spiro atoms. The first-order valence-electron chi connectivity index (χ1n) is 8.95. The maximum atomic E-state index is 12.6. The molecule has 0 radical (unpaired) electrons. The number of hydrogen-bond donors (Lipinski definition) is 2. The van der Waals surface area contributed by atoms with Crippen LogP contribution in [0.25, 0.3) is 0 Å². The van der Waals surface area contributed by atoms with Crippen LogP contribution in [0.15, 0.2) is 36.5 Å². The van der Waals surface area contributed by atoms with Gasteiger partial charge in [0, 0.05) is 30.1 Å². The molecule has 1 atom stereocenters. The Morgan fingerprint density at radius 2 is 2.23 bits per heavy atom. The molecule has 1 fully saturated rings. The van der Waals surface area contributed by atoms with Crippen molar-refractivity contribution in [3.8, 4) is 0 Å². The second kappa shape index (κ2) is 8.52. The number of amides is 1. The number of hydrogen-bond acceptors (Lipinski definition) is 4. The van der Waals surface area contributed by atoms with Crippen molar-refractivity contribution >= 4 is 29.0 Å². The first kappa shape index (κ1) is 18.7. The standard InChI is InChI=1S/C20H24ClN3O2/c1-13(2)17-10-19(24-15-6-3-5-14(21)9-15)22-12-18(17)20(25)23-11-16-7-4-8-26-16/h3,5-6,9-10,12-13,16H,4,7-8,11H2,1-2H3,(H,22,24)(H,23,25)/t16-/m1/s1. The maximum absolute atomic E-state index is 12.6. The molecule has 2 heterocycles. The number of nitrogens with zero attached hydrogens (tertiary/aromatic N) is 1. The van der Waals surface area contributed by atoms with Crippen molar-refractivity contribution in [3.05, 3.63) is 52.7 Å². The third-order valence-electron chi connectivity index (χ3n) is 4.41. The molecule has 5 nitrogen and oxygen atoms in total. The van der Waals surface area contributed by atoms with E-state index in [1.807, 2.05) is 30.3 Å². The van der Waals surface area contributed by atoms with Crippen molar-refractivity contribution in [2.45, 2.75) is 38.7 Å². The van der Waals surface area contributed by atoms with Gasteiger partial charge in [0.2, 0.25) is 0 Å². The number of ether oxygens (including phenoxy) is 1. The molecule has 26 heavy (non-hydrogen) atoms. The van der Waals surface area contributed by atoms with Crippen molar-refractivity contribution in [1.29, 1.82) is 0 Å². The highest BCUT2D eigenvalue weighted by Crippen LogP contribution is 2.25. The molecule has 1 saturated heterocycles. The molecule has 1 aromatic carbocycles. The van der Waals surface area contributed by atoms with E-state index in [0.717, 1.165) is 30.7 Å². The van der Waals surface area contributed by atoms with Crippen LogP contribution in [-0.2, 0) is 4.74 Å². The van der Waals surface area contributed by atoms with Gasteiger partial charge in [-0.15, -0.1) is 0 Å². The highest BCUT2D eigenvalue weighted by atomic mass is 35.5. The van der Waals surface area contributed by atoms with E-state index in [9.17, 15) is 4.79 Å². The molecule has 1 aliphatic rings. The lowest BCUT2D eigenvalue weighted by Crippen LogP contribution is -2.32. The number of halogens is 1. The molecule has 1 aliphatic heterocycles. The fraction of sp³-hybridized carbons (Fsp3) is 0.400. The van der Waals surface area contributed by atoms with E-state index in [4.69, 9.17) is 16.3 Å². The Balaban J connectivity index is 1.74. The Morgan fingerprint density at radius 3 is 2.92 bits per heavy atom. The van der Waals surface area contributed by atoms with E-state index in [2.05, 4.69) is 29.5 Å². The minimum absolute atomic E-state index is 0.106. The van der Waals surface area contributed by atoms with Gasteiger partial charge in [0.1, 0.15) is 5.82 Å². The van der Waals surface area contributed by atoms with Gasteiger partial charge in [-0.25, -0.2) is 4.98 Å². The van der Waals surface area contributed by atoms with Crippen LogP contribution in [0, 0.1) is 0 Å². The van der Waals surface area contributed by atoms with Crippen LogP contribution in [0.5, 0.6) is 0 Å². The van der Waals surface area contributed by atoms with Gasteiger partial charge in [-0.2, -0.15) is 0 Å². The van der Waals surface area contributed by atoms with Gasteiger partial charge in [-0.1, -0.05) is 31.5 Å². The molecule has 138 valence electrons. The van der Waals surface area contributed by atoms with E-state index in [0.29, 0.717) is 22.9 Å². The third kappa shape index (κ3) is 4.74. The molecule has 0 aliphatic carbocycles. The van der Waals surface area contributed by atoms with Crippen LogP contribution in [0.3, 0.4) is 0 Å². The van der Waals surface area contributed by atoms with E-state index in [1.165, 1.54) is 0 Å². The summed E-state index contributed by atoms with van der Waals surface area (Å²) in [6.45, 7) is 5.45. The van der Waals surface area contributed by atoms with Crippen molar-refractivity contribution < 1.29 is 9.53 Å². The van der Waals surface area contributed by atoms with E-state index in [1.54, 1.807) is 6.20 Å². The number of benzene rings is 1. The molecule has 2 N–H and O–H groups in total. The van der Waals surface area contributed by atoms with Crippen LogP contribution in [0.4, 0.5) is 11.5 Å². The van der Waals surface area contributed by atoms with Gasteiger partial charge in [0.15, 0.2) is 0 Å². The Morgan fingerprint density at radius 1 is 1.38 bits per heavy atom. The highest BCUT2D eigenvalue weighted by Gasteiger charge is 2.19. The summed E-state index contributed by atoms with van der Waals surface area (Å²) in [4.78, 5) is 17.0. The molecule has 6 heteroatoms. The van der Waals surface area contributed by atoms with E-state index < -0.39 is 0 Å². The minimum atomic E-state index is -0.106. The topological polar surface area (TPSA) is 63.2 Å². The normalized spacial score (nSPS) is 16.7. The summed E-state index contributed by atoms with van der Waals surface area (Å²) in [6.07, 6.45) is 3.81. The molecule has 0 unspecified atom stereocenters. The second-order valence-corrected chi connectivity index (χ2v) is 7.23. The second-order valence-electron chi connectivity index (χ2n) is 6.79. The van der Waals surface area contributed by atoms with Gasteiger partial charge >= 0.3 is 0 Å². The van der Waals surface area contributed by atoms with Crippen LogP contribution >= 0.6 is 11.6 Å². The summed E-state index contributed by atoms with van der Waals surface area (Å²) in [6, 6.07) is 9.38. The molecule has 1 aromatic heterocycles. The zero-order valence-corrected chi connectivity index (χ0v) is 15.8. The monoisotopic (exact) mass is 373 g/mol. The summed E-state index contributed by atoms with van der Waals surface area (Å²) < 4.78 is 5.56. The predicted octanol–water partition coefficient (Wildman–Crippen LogP) is 4.51. The fourth-order valence-electron chi connectivity index (χ4n) is 3.03. The third-order valence-corrected chi connectivity index (χ3v) is 4.65. The lowest BCUT2D eigenvalue weighted by molar-refractivity contribution is 0.0856. The van der Waals surface area contributed by atoms with Crippen LogP contribution in [0.2, 0.25) is 5.02 Å². The van der Waals surface area contributed by atoms with Crippen molar-refractivity contribution in [2.75, 3.05) is 18.5 Å². The number of anilines is 2. The number of carbonyl (C=O) groups excluding carboxylic acids is 1. The SMILES string of the molecule is CC(C)c1cc(Nc2cccc(Cl)c2)ncc1C(=O)NC[C@H]1CCCO1. The number of rotatable bonds is 6. The lowest BCUT2D eigenvalue weighted by Gasteiger charge is -2.16. The molecule has 0 saturated carbocycles. The van der Waals surface area contributed by atoms with E-state index in [-0.39, 0.29) is 17.9 Å².